The summed E-state index contributed by atoms with van der Waals surface area (Å²) in [6, 6.07) is 5.38. The van der Waals surface area contributed by atoms with Crippen molar-refractivity contribution in [2.45, 2.75) is 0 Å². The highest BCUT2D eigenvalue weighted by molar-refractivity contribution is 5.57. The van der Waals surface area contributed by atoms with Crippen LogP contribution < -0.4 is 0 Å². The van der Waals surface area contributed by atoms with Gasteiger partial charge in [-0.05, 0) is 18.2 Å². The second-order valence-electron chi connectivity index (χ2n) is 3.47. The van der Waals surface area contributed by atoms with Gasteiger partial charge in [-0.2, -0.15) is 5.10 Å². The van der Waals surface area contributed by atoms with E-state index in [4.69, 9.17) is 0 Å². The SMILES string of the molecule is c1cnc(-c2cncc(-c3cccnn3)n2)nc1. The number of hydrogen-bond acceptors (Lipinski definition) is 6. The molecule has 0 bridgehead atoms. The molecule has 18 heavy (non-hydrogen) atoms. The highest BCUT2D eigenvalue weighted by Gasteiger charge is 2.06. The fourth-order valence-electron chi connectivity index (χ4n) is 1.47. The Hall–Kier alpha value is -2.76. The van der Waals surface area contributed by atoms with E-state index in [9.17, 15) is 0 Å². The van der Waals surface area contributed by atoms with Crippen molar-refractivity contribution in [2.24, 2.45) is 0 Å². The van der Waals surface area contributed by atoms with Crippen LogP contribution in [-0.4, -0.2) is 30.1 Å². The first kappa shape index (κ1) is 10.4. The van der Waals surface area contributed by atoms with Crippen LogP contribution in [0.1, 0.15) is 0 Å². The first-order valence-electron chi connectivity index (χ1n) is 5.31. The van der Waals surface area contributed by atoms with E-state index < -0.39 is 0 Å². The first-order valence-corrected chi connectivity index (χ1v) is 5.31. The average molecular weight is 236 g/mol. The summed E-state index contributed by atoms with van der Waals surface area (Å²) < 4.78 is 0. The molecule has 3 aromatic rings. The fraction of sp³-hybridized carbons (Fsp3) is 0. The van der Waals surface area contributed by atoms with Gasteiger partial charge < -0.3 is 0 Å². The quantitative estimate of drug-likeness (QED) is 0.669. The Morgan fingerprint density at radius 3 is 2.39 bits per heavy atom. The average Bonchev–Trinajstić information content (AvgIpc) is 2.49. The van der Waals surface area contributed by atoms with Crippen LogP contribution in [0.5, 0.6) is 0 Å². The van der Waals surface area contributed by atoms with E-state index in [-0.39, 0.29) is 0 Å². The monoisotopic (exact) mass is 236 g/mol. The third kappa shape index (κ3) is 2.03. The Morgan fingerprint density at radius 1 is 0.778 bits per heavy atom. The lowest BCUT2D eigenvalue weighted by Gasteiger charge is -2.01. The summed E-state index contributed by atoms with van der Waals surface area (Å²) in [5.74, 6) is 0.538. The van der Waals surface area contributed by atoms with Crippen molar-refractivity contribution in [3.8, 4) is 22.9 Å². The number of aromatic nitrogens is 6. The predicted octanol–water partition coefficient (Wildman–Crippen LogP) is 1.39. The predicted molar refractivity (Wildman–Crippen MR) is 64.1 cm³/mol. The van der Waals surface area contributed by atoms with Gasteiger partial charge in [-0.1, -0.05) is 0 Å². The van der Waals surface area contributed by atoms with Gasteiger partial charge in [0.15, 0.2) is 5.82 Å². The van der Waals surface area contributed by atoms with Crippen molar-refractivity contribution in [1.82, 2.24) is 30.1 Å². The zero-order valence-electron chi connectivity index (χ0n) is 9.30. The number of nitrogens with zero attached hydrogens (tertiary/aromatic N) is 6. The van der Waals surface area contributed by atoms with Crippen LogP contribution >= 0.6 is 0 Å². The smallest absolute Gasteiger partial charge is 0.179 e. The molecule has 0 aliphatic carbocycles. The second kappa shape index (κ2) is 4.62. The second-order valence-corrected chi connectivity index (χ2v) is 3.47. The molecule has 0 saturated heterocycles. The van der Waals surface area contributed by atoms with E-state index in [1.807, 2.05) is 6.07 Å². The zero-order chi connectivity index (χ0) is 12.2. The molecule has 6 nitrogen and oxygen atoms in total. The van der Waals surface area contributed by atoms with Gasteiger partial charge in [0.1, 0.15) is 17.1 Å². The third-order valence-corrected chi connectivity index (χ3v) is 2.26. The van der Waals surface area contributed by atoms with Crippen LogP contribution in [0.25, 0.3) is 22.9 Å². The van der Waals surface area contributed by atoms with Gasteiger partial charge in [-0.15, -0.1) is 5.10 Å². The lowest BCUT2D eigenvalue weighted by Crippen LogP contribution is -1.95. The summed E-state index contributed by atoms with van der Waals surface area (Å²) in [4.78, 5) is 16.8. The molecule has 6 heteroatoms. The molecule has 0 N–H and O–H groups in total. The Balaban J connectivity index is 2.05. The molecule has 0 saturated carbocycles. The molecule has 86 valence electrons. The molecule has 3 rings (SSSR count). The van der Waals surface area contributed by atoms with E-state index in [2.05, 4.69) is 30.1 Å². The maximum absolute atomic E-state index is 4.42. The minimum absolute atomic E-state index is 0.538. The number of hydrogen-bond donors (Lipinski definition) is 0. The van der Waals surface area contributed by atoms with Crippen LogP contribution in [0.3, 0.4) is 0 Å². The molecule has 0 amide bonds. The standard InChI is InChI=1S/C12H8N6/c1-3-9(18-16-6-1)10-7-13-8-11(17-10)12-14-4-2-5-15-12/h1-8H. The minimum Gasteiger partial charge on any atom is -0.260 e. The van der Waals surface area contributed by atoms with Crippen LogP contribution in [0.4, 0.5) is 0 Å². The molecule has 0 fully saturated rings. The van der Waals surface area contributed by atoms with Crippen LogP contribution in [0.2, 0.25) is 0 Å². The Kier molecular flexibility index (Phi) is 2.67. The minimum atomic E-state index is 0.538. The summed E-state index contributed by atoms with van der Waals surface area (Å²) in [7, 11) is 0. The van der Waals surface area contributed by atoms with Crippen LogP contribution in [0, 0.1) is 0 Å². The first-order chi connectivity index (χ1) is 8.93. The van der Waals surface area contributed by atoms with Gasteiger partial charge in [0.25, 0.3) is 0 Å². The molecule has 0 aliphatic rings. The van der Waals surface area contributed by atoms with Crippen molar-refractivity contribution in [3.05, 3.63) is 49.2 Å². The molecule has 3 aromatic heterocycles. The molecule has 0 aromatic carbocycles. The van der Waals surface area contributed by atoms with Crippen molar-refractivity contribution >= 4 is 0 Å². The lowest BCUT2D eigenvalue weighted by atomic mass is 10.3. The van der Waals surface area contributed by atoms with Crippen LogP contribution in [-0.2, 0) is 0 Å². The molecule has 0 radical (unpaired) electrons. The lowest BCUT2D eigenvalue weighted by molar-refractivity contribution is 1.02. The molecule has 0 atom stereocenters. The van der Waals surface area contributed by atoms with Crippen molar-refractivity contribution < 1.29 is 0 Å². The van der Waals surface area contributed by atoms with Gasteiger partial charge in [0.05, 0.1) is 12.4 Å². The Morgan fingerprint density at radius 2 is 1.61 bits per heavy atom. The molecule has 0 spiro atoms. The van der Waals surface area contributed by atoms with Gasteiger partial charge >= 0.3 is 0 Å². The van der Waals surface area contributed by atoms with Crippen molar-refractivity contribution in [3.63, 3.8) is 0 Å². The van der Waals surface area contributed by atoms with Crippen molar-refractivity contribution in [1.29, 1.82) is 0 Å². The Labute approximate surface area is 103 Å². The zero-order valence-corrected chi connectivity index (χ0v) is 9.30. The third-order valence-electron chi connectivity index (χ3n) is 2.26. The molecular formula is C12H8N6. The normalized spacial score (nSPS) is 10.2. The molecule has 0 unspecified atom stereocenters. The van der Waals surface area contributed by atoms with Crippen molar-refractivity contribution in [2.75, 3.05) is 0 Å². The van der Waals surface area contributed by atoms with Gasteiger partial charge in [0.2, 0.25) is 0 Å². The summed E-state index contributed by atoms with van der Waals surface area (Å²) in [5.41, 5.74) is 1.93. The summed E-state index contributed by atoms with van der Waals surface area (Å²) in [5, 5.41) is 7.80. The van der Waals surface area contributed by atoms with E-state index in [1.165, 1.54) is 0 Å². The van der Waals surface area contributed by atoms with Crippen LogP contribution in [0.15, 0.2) is 49.2 Å². The summed E-state index contributed by atoms with van der Waals surface area (Å²) in [6.07, 6.45) is 8.20. The largest absolute Gasteiger partial charge is 0.260 e. The number of rotatable bonds is 2. The molecule has 3 heterocycles. The van der Waals surface area contributed by atoms with E-state index in [0.717, 1.165) is 0 Å². The van der Waals surface area contributed by atoms with E-state index in [1.54, 1.807) is 43.1 Å². The maximum atomic E-state index is 4.42. The van der Waals surface area contributed by atoms with Gasteiger partial charge in [-0.25, -0.2) is 15.0 Å². The van der Waals surface area contributed by atoms with Gasteiger partial charge in [-0.3, -0.25) is 4.98 Å². The highest BCUT2D eigenvalue weighted by atomic mass is 15.1. The summed E-state index contributed by atoms with van der Waals surface area (Å²) in [6.45, 7) is 0. The molecule has 0 aliphatic heterocycles. The maximum Gasteiger partial charge on any atom is 0.179 e. The van der Waals surface area contributed by atoms with E-state index >= 15 is 0 Å². The topological polar surface area (TPSA) is 77.3 Å². The summed E-state index contributed by atoms with van der Waals surface area (Å²) >= 11 is 0. The van der Waals surface area contributed by atoms with E-state index in [0.29, 0.717) is 22.9 Å². The Bertz CT molecular complexity index is 586. The fourth-order valence-corrected chi connectivity index (χ4v) is 1.47. The highest BCUT2D eigenvalue weighted by Crippen LogP contribution is 2.15. The molecular weight excluding hydrogens is 228 g/mol. The van der Waals surface area contributed by atoms with Gasteiger partial charge in [0, 0.05) is 18.6 Å².